The third-order valence-electron chi connectivity index (χ3n) is 3.97. The Morgan fingerprint density at radius 2 is 2.05 bits per heavy atom. The van der Waals surface area contributed by atoms with Gasteiger partial charge in [-0.1, -0.05) is 29.8 Å². The predicted octanol–water partition coefficient (Wildman–Crippen LogP) is 4.66. The molecule has 0 bridgehead atoms. The maximum Gasteiger partial charge on any atom is 0.252 e. The molecule has 0 unspecified atom stereocenters. The summed E-state index contributed by atoms with van der Waals surface area (Å²) in [4.78, 5) is 15.2. The van der Waals surface area contributed by atoms with E-state index in [1.807, 2.05) is 50.2 Å². The molecular weight excluding hydrogens is 296 g/mol. The van der Waals surface area contributed by atoms with Gasteiger partial charge in [-0.3, -0.25) is 4.79 Å². The van der Waals surface area contributed by atoms with Crippen molar-refractivity contribution in [2.24, 2.45) is 0 Å². The summed E-state index contributed by atoms with van der Waals surface area (Å²) in [7, 11) is 0. The highest BCUT2D eigenvalue weighted by atomic mass is 35.5. The Hall–Kier alpha value is -2.31. The highest BCUT2D eigenvalue weighted by Gasteiger charge is 2.31. The van der Waals surface area contributed by atoms with E-state index in [9.17, 15) is 4.79 Å². The minimum atomic E-state index is -0.659. The zero-order valence-corrected chi connectivity index (χ0v) is 13.2. The number of rotatable bonds is 2. The number of halogens is 1. The number of carbonyl (C=O) groups is 1. The molecule has 0 fully saturated rings. The van der Waals surface area contributed by atoms with Gasteiger partial charge >= 0.3 is 0 Å². The zero-order chi connectivity index (χ0) is 15.9. The number of carbonyl (C=O) groups excluding carboxylic acids is 1. The third-order valence-corrected chi connectivity index (χ3v) is 4.29. The van der Waals surface area contributed by atoms with Crippen LogP contribution in [0.15, 0.2) is 36.4 Å². The quantitative estimate of drug-likeness (QED) is 0.804. The van der Waals surface area contributed by atoms with Crippen molar-refractivity contribution in [3.8, 4) is 11.1 Å². The largest absolute Gasteiger partial charge is 0.326 e. The van der Waals surface area contributed by atoms with Gasteiger partial charge in [-0.25, -0.2) is 6.57 Å². The monoisotopic (exact) mass is 310 g/mol. The minimum Gasteiger partial charge on any atom is -0.326 e. The van der Waals surface area contributed by atoms with Crippen molar-refractivity contribution in [2.75, 3.05) is 5.32 Å². The van der Waals surface area contributed by atoms with Gasteiger partial charge in [0, 0.05) is 35.7 Å². The normalized spacial score (nSPS) is 13.5. The van der Waals surface area contributed by atoms with E-state index in [1.54, 1.807) is 0 Å². The molecule has 1 N–H and O–H groups in total. The molecule has 1 heterocycles. The van der Waals surface area contributed by atoms with Crippen molar-refractivity contribution < 1.29 is 4.79 Å². The number of benzene rings is 2. The smallest absolute Gasteiger partial charge is 0.252 e. The first-order chi connectivity index (χ1) is 10.4. The number of nitrogens with one attached hydrogen (secondary N) is 1. The van der Waals surface area contributed by atoms with Crippen molar-refractivity contribution in [1.82, 2.24) is 0 Å². The van der Waals surface area contributed by atoms with Crippen molar-refractivity contribution in [2.45, 2.75) is 25.8 Å². The molecule has 1 aliphatic rings. The van der Waals surface area contributed by atoms with Gasteiger partial charge in [-0.2, -0.15) is 0 Å². The van der Waals surface area contributed by atoms with Crippen LogP contribution in [-0.4, -0.2) is 5.91 Å². The summed E-state index contributed by atoms with van der Waals surface area (Å²) < 4.78 is 0. The summed E-state index contributed by atoms with van der Waals surface area (Å²) in [5.41, 5.74) is 3.86. The van der Waals surface area contributed by atoms with Gasteiger partial charge in [-0.15, -0.1) is 0 Å². The van der Waals surface area contributed by atoms with E-state index in [0.29, 0.717) is 11.4 Å². The Morgan fingerprint density at radius 1 is 1.27 bits per heavy atom. The highest BCUT2D eigenvalue weighted by molar-refractivity contribution is 6.33. The number of anilines is 1. The minimum absolute atomic E-state index is 0.00743. The number of fused-ring (bicyclic) bond motifs is 1. The standard InChI is InChI=1S/C18H15ClN2O/c1-18(2,20-3)13-5-4-6-14(19)17(13)11-7-8-15-12(9-11)10-16(22)21-15/h4-9H,10H2,1-2H3,(H,21,22). The van der Waals surface area contributed by atoms with Crippen LogP contribution < -0.4 is 5.32 Å². The summed E-state index contributed by atoms with van der Waals surface area (Å²) in [5, 5.41) is 3.44. The summed E-state index contributed by atoms with van der Waals surface area (Å²) in [6.45, 7) is 11.2. The summed E-state index contributed by atoms with van der Waals surface area (Å²) in [6, 6.07) is 11.5. The van der Waals surface area contributed by atoms with E-state index in [0.717, 1.165) is 27.9 Å². The fourth-order valence-electron chi connectivity index (χ4n) is 2.77. The van der Waals surface area contributed by atoms with Crippen molar-refractivity contribution in [3.05, 3.63) is 64.0 Å². The summed E-state index contributed by atoms with van der Waals surface area (Å²) in [5.74, 6) is 0.00743. The summed E-state index contributed by atoms with van der Waals surface area (Å²) in [6.07, 6.45) is 0.384. The lowest BCUT2D eigenvalue weighted by Gasteiger charge is -2.18. The second-order valence-corrected chi connectivity index (χ2v) is 6.34. The van der Waals surface area contributed by atoms with Crippen LogP contribution in [0.4, 0.5) is 5.69 Å². The predicted molar refractivity (Wildman–Crippen MR) is 88.8 cm³/mol. The van der Waals surface area contributed by atoms with Gasteiger partial charge in [0.1, 0.15) is 0 Å². The van der Waals surface area contributed by atoms with Crippen LogP contribution in [0.5, 0.6) is 0 Å². The maximum atomic E-state index is 11.5. The van der Waals surface area contributed by atoms with E-state index in [1.165, 1.54) is 0 Å². The molecule has 22 heavy (non-hydrogen) atoms. The molecule has 110 valence electrons. The van der Waals surface area contributed by atoms with E-state index in [4.69, 9.17) is 18.2 Å². The molecule has 0 aliphatic carbocycles. The van der Waals surface area contributed by atoms with Crippen LogP contribution in [0.1, 0.15) is 25.0 Å². The molecule has 0 atom stereocenters. The van der Waals surface area contributed by atoms with E-state index in [2.05, 4.69) is 10.2 Å². The zero-order valence-electron chi connectivity index (χ0n) is 12.4. The lowest BCUT2D eigenvalue weighted by molar-refractivity contribution is -0.115. The Morgan fingerprint density at radius 3 is 2.77 bits per heavy atom. The molecular formula is C18H15ClN2O. The first-order valence-corrected chi connectivity index (χ1v) is 7.41. The SMILES string of the molecule is [C-]#[N+]C(C)(C)c1cccc(Cl)c1-c1ccc2c(c1)CC(=O)N2. The van der Waals surface area contributed by atoms with Crippen LogP contribution in [0, 0.1) is 6.57 Å². The van der Waals surface area contributed by atoms with Crippen LogP contribution >= 0.6 is 11.6 Å². The molecule has 2 aromatic rings. The van der Waals surface area contributed by atoms with Crippen molar-refractivity contribution in [3.63, 3.8) is 0 Å². The first-order valence-electron chi connectivity index (χ1n) is 7.03. The van der Waals surface area contributed by atoms with Crippen LogP contribution in [0.3, 0.4) is 0 Å². The van der Waals surface area contributed by atoms with Crippen LogP contribution in [-0.2, 0) is 16.8 Å². The second kappa shape index (κ2) is 5.15. The van der Waals surface area contributed by atoms with Gasteiger partial charge in [0.2, 0.25) is 5.91 Å². The molecule has 0 spiro atoms. The third kappa shape index (κ3) is 2.36. The summed E-state index contributed by atoms with van der Waals surface area (Å²) >= 11 is 6.42. The average molecular weight is 311 g/mol. The maximum absolute atomic E-state index is 11.5. The number of nitrogens with zero attached hydrogens (tertiary/aromatic N) is 1. The fraction of sp³-hybridized carbons (Fsp3) is 0.222. The molecule has 0 aromatic heterocycles. The fourth-order valence-corrected chi connectivity index (χ4v) is 3.06. The van der Waals surface area contributed by atoms with Crippen LogP contribution in [0.25, 0.3) is 16.0 Å². The van der Waals surface area contributed by atoms with Gasteiger partial charge in [-0.05, 0) is 29.3 Å². The first kappa shape index (κ1) is 14.6. The van der Waals surface area contributed by atoms with Crippen molar-refractivity contribution in [1.29, 1.82) is 0 Å². The average Bonchev–Trinajstić information content (AvgIpc) is 2.86. The molecule has 4 heteroatoms. The molecule has 3 nitrogen and oxygen atoms in total. The molecule has 2 aromatic carbocycles. The molecule has 0 saturated carbocycles. The lowest BCUT2D eigenvalue weighted by Crippen LogP contribution is -2.13. The van der Waals surface area contributed by atoms with E-state index in [-0.39, 0.29) is 5.91 Å². The topological polar surface area (TPSA) is 33.5 Å². The lowest BCUT2D eigenvalue weighted by atomic mass is 9.87. The Labute approximate surface area is 134 Å². The molecule has 1 amide bonds. The van der Waals surface area contributed by atoms with Crippen molar-refractivity contribution >= 4 is 23.2 Å². The molecule has 1 aliphatic heterocycles. The number of hydrogen-bond donors (Lipinski definition) is 1. The van der Waals surface area contributed by atoms with Crippen LogP contribution in [0.2, 0.25) is 5.02 Å². The number of amides is 1. The van der Waals surface area contributed by atoms with Gasteiger partial charge in [0.25, 0.3) is 5.54 Å². The van der Waals surface area contributed by atoms with E-state index >= 15 is 0 Å². The van der Waals surface area contributed by atoms with Gasteiger partial charge < -0.3 is 10.2 Å². The number of hydrogen-bond acceptors (Lipinski definition) is 1. The molecule has 0 radical (unpaired) electrons. The van der Waals surface area contributed by atoms with Gasteiger partial charge in [0.15, 0.2) is 0 Å². The Bertz CT molecular complexity index is 818. The second-order valence-electron chi connectivity index (χ2n) is 5.93. The van der Waals surface area contributed by atoms with Gasteiger partial charge in [0.05, 0.1) is 6.42 Å². The molecule has 0 saturated heterocycles. The Kier molecular flexibility index (Phi) is 3.42. The highest BCUT2D eigenvalue weighted by Crippen LogP contribution is 2.40. The molecule has 3 rings (SSSR count). The van der Waals surface area contributed by atoms with E-state index < -0.39 is 5.54 Å². The Balaban J connectivity index is 2.20.